The van der Waals surface area contributed by atoms with Gasteiger partial charge in [-0.3, -0.25) is 0 Å². The first-order valence-corrected chi connectivity index (χ1v) is 8.26. The summed E-state index contributed by atoms with van der Waals surface area (Å²) in [6.07, 6.45) is 6.55. The Morgan fingerprint density at radius 1 is 1.28 bits per heavy atom. The predicted octanol–water partition coefficient (Wildman–Crippen LogP) is 4.38. The average Bonchev–Trinajstić information content (AvgIpc) is 2.53. The maximum Gasteiger partial charge on any atom is 0.339 e. The van der Waals surface area contributed by atoms with Crippen molar-refractivity contribution < 1.29 is 24.2 Å². The number of ether oxygens (including phenoxy) is 2. The van der Waals surface area contributed by atoms with Gasteiger partial charge in [-0.05, 0) is 49.3 Å². The second-order valence-electron chi connectivity index (χ2n) is 6.85. The third-order valence-corrected chi connectivity index (χ3v) is 4.55. The summed E-state index contributed by atoms with van der Waals surface area (Å²) in [6, 6.07) is 4.18. The quantitative estimate of drug-likeness (QED) is 0.487. The van der Waals surface area contributed by atoms with Gasteiger partial charge in [-0.15, -0.1) is 0 Å². The van der Waals surface area contributed by atoms with Gasteiger partial charge >= 0.3 is 11.9 Å². The second-order valence-corrected chi connectivity index (χ2v) is 6.85. The van der Waals surface area contributed by atoms with Gasteiger partial charge in [-0.1, -0.05) is 25.5 Å². The first-order chi connectivity index (χ1) is 11.7. The highest BCUT2D eigenvalue weighted by Crippen LogP contribution is 2.40. The first-order valence-electron chi connectivity index (χ1n) is 8.26. The van der Waals surface area contributed by atoms with E-state index in [0.29, 0.717) is 0 Å². The maximum atomic E-state index is 12.1. The van der Waals surface area contributed by atoms with E-state index in [0.717, 1.165) is 19.3 Å². The van der Waals surface area contributed by atoms with Crippen LogP contribution in [-0.2, 0) is 4.79 Å². The number of carbonyl (C=O) groups is 2. The maximum absolute atomic E-state index is 12.1. The summed E-state index contributed by atoms with van der Waals surface area (Å²) in [5, 5.41) is 9.07. The fraction of sp³-hybridized carbons (Fsp3) is 0.400. The molecule has 0 saturated heterocycles. The fourth-order valence-electron chi connectivity index (χ4n) is 3.22. The van der Waals surface area contributed by atoms with Gasteiger partial charge in [-0.25, -0.2) is 9.59 Å². The van der Waals surface area contributed by atoms with Crippen LogP contribution in [0.25, 0.3) is 0 Å². The summed E-state index contributed by atoms with van der Waals surface area (Å²) < 4.78 is 10.3. The summed E-state index contributed by atoms with van der Waals surface area (Å²) >= 11 is 0. The number of methoxy groups -OCH3 is 1. The van der Waals surface area contributed by atoms with Crippen LogP contribution in [0.15, 0.2) is 41.5 Å². The van der Waals surface area contributed by atoms with Crippen LogP contribution in [0.1, 0.15) is 50.4 Å². The lowest BCUT2D eigenvalue weighted by atomic mass is 9.73. The second kappa shape index (κ2) is 7.55. The van der Waals surface area contributed by atoms with E-state index < -0.39 is 11.9 Å². The molecule has 0 spiro atoms. The zero-order valence-corrected chi connectivity index (χ0v) is 15.1. The molecule has 0 bridgehead atoms. The molecule has 5 nitrogen and oxygen atoms in total. The lowest BCUT2D eigenvalue weighted by molar-refractivity contribution is -0.129. The van der Waals surface area contributed by atoms with Gasteiger partial charge in [-0.2, -0.15) is 0 Å². The molecular weight excluding hydrogens is 320 g/mol. The predicted molar refractivity (Wildman–Crippen MR) is 95.1 cm³/mol. The zero-order valence-electron chi connectivity index (χ0n) is 15.1. The van der Waals surface area contributed by atoms with E-state index in [1.54, 1.807) is 0 Å². The van der Waals surface area contributed by atoms with Crippen molar-refractivity contribution in [2.24, 2.45) is 5.41 Å². The minimum atomic E-state index is -1.10. The van der Waals surface area contributed by atoms with Gasteiger partial charge in [0.15, 0.2) is 0 Å². The first kappa shape index (κ1) is 18.8. The van der Waals surface area contributed by atoms with Crippen molar-refractivity contribution in [2.45, 2.75) is 40.0 Å². The van der Waals surface area contributed by atoms with Gasteiger partial charge in [0, 0.05) is 12.1 Å². The van der Waals surface area contributed by atoms with E-state index in [-0.39, 0.29) is 22.5 Å². The highest BCUT2D eigenvalue weighted by molar-refractivity contribution is 5.91. The molecule has 1 aliphatic rings. The van der Waals surface area contributed by atoms with Gasteiger partial charge in [0.05, 0.1) is 7.11 Å². The molecule has 0 atom stereocenters. The monoisotopic (exact) mass is 344 g/mol. The van der Waals surface area contributed by atoms with Gasteiger partial charge < -0.3 is 14.6 Å². The lowest BCUT2D eigenvalue weighted by Gasteiger charge is -2.32. The number of rotatable bonds is 5. The fourth-order valence-corrected chi connectivity index (χ4v) is 3.22. The molecule has 25 heavy (non-hydrogen) atoms. The SMILES string of the molecule is COc1cc(OC(=O)C=CC2=C(C)CCCC2(C)C)ccc1C(=O)O. The van der Waals surface area contributed by atoms with Gasteiger partial charge in [0.2, 0.25) is 0 Å². The summed E-state index contributed by atoms with van der Waals surface area (Å²) in [4.78, 5) is 23.2. The molecule has 1 N–H and O–H groups in total. The average molecular weight is 344 g/mol. The lowest BCUT2D eigenvalue weighted by Crippen LogP contribution is -2.19. The van der Waals surface area contributed by atoms with E-state index in [1.807, 2.05) is 6.08 Å². The largest absolute Gasteiger partial charge is 0.496 e. The molecule has 1 aromatic rings. The molecule has 0 amide bonds. The number of benzene rings is 1. The minimum absolute atomic E-state index is 0.0163. The Balaban J connectivity index is 2.14. The van der Waals surface area contributed by atoms with Crippen molar-refractivity contribution in [2.75, 3.05) is 7.11 Å². The van der Waals surface area contributed by atoms with Crippen molar-refractivity contribution in [3.05, 3.63) is 47.1 Å². The molecule has 0 unspecified atom stereocenters. The summed E-state index contributed by atoms with van der Waals surface area (Å²) in [5.41, 5.74) is 2.54. The molecule has 0 fully saturated rings. The number of carboxylic acid groups (broad SMARTS) is 1. The van der Waals surface area contributed by atoms with E-state index in [9.17, 15) is 9.59 Å². The molecule has 0 radical (unpaired) electrons. The molecule has 0 aromatic heterocycles. The van der Waals surface area contributed by atoms with E-state index in [4.69, 9.17) is 14.6 Å². The molecule has 1 aliphatic carbocycles. The zero-order chi connectivity index (χ0) is 18.6. The number of carbonyl (C=O) groups excluding carboxylic acids is 1. The number of hydrogen-bond donors (Lipinski definition) is 1. The number of carboxylic acids is 1. The number of hydrogen-bond acceptors (Lipinski definition) is 4. The van der Waals surface area contributed by atoms with Crippen LogP contribution in [0.5, 0.6) is 11.5 Å². The van der Waals surface area contributed by atoms with Gasteiger partial charge in [0.1, 0.15) is 17.1 Å². The smallest absolute Gasteiger partial charge is 0.339 e. The number of esters is 1. The molecular formula is C20H24O5. The summed E-state index contributed by atoms with van der Waals surface area (Å²) in [5.74, 6) is -1.22. The van der Waals surface area contributed by atoms with Crippen molar-refractivity contribution >= 4 is 11.9 Å². The Morgan fingerprint density at radius 2 is 2.00 bits per heavy atom. The highest BCUT2D eigenvalue weighted by Gasteiger charge is 2.26. The van der Waals surface area contributed by atoms with E-state index >= 15 is 0 Å². The Labute approximate surface area is 147 Å². The van der Waals surface area contributed by atoms with Crippen LogP contribution < -0.4 is 9.47 Å². The van der Waals surface area contributed by atoms with Crippen LogP contribution >= 0.6 is 0 Å². The van der Waals surface area contributed by atoms with E-state index in [2.05, 4.69) is 20.8 Å². The van der Waals surface area contributed by atoms with Crippen molar-refractivity contribution in [1.29, 1.82) is 0 Å². The Hall–Kier alpha value is -2.56. The molecule has 2 rings (SSSR count). The van der Waals surface area contributed by atoms with Crippen molar-refractivity contribution in [3.8, 4) is 11.5 Å². The van der Waals surface area contributed by atoms with Crippen LogP contribution in [0.2, 0.25) is 0 Å². The molecule has 5 heteroatoms. The summed E-state index contributed by atoms with van der Waals surface area (Å²) in [6.45, 7) is 6.45. The Bertz CT molecular complexity index is 740. The normalized spacial score (nSPS) is 16.8. The highest BCUT2D eigenvalue weighted by atomic mass is 16.5. The third-order valence-electron chi connectivity index (χ3n) is 4.55. The van der Waals surface area contributed by atoms with Crippen molar-refractivity contribution in [1.82, 2.24) is 0 Å². The Kier molecular flexibility index (Phi) is 5.67. The van der Waals surface area contributed by atoms with Crippen molar-refractivity contribution in [3.63, 3.8) is 0 Å². The minimum Gasteiger partial charge on any atom is -0.496 e. The van der Waals surface area contributed by atoms with E-state index in [1.165, 1.54) is 42.5 Å². The molecule has 134 valence electrons. The van der Waals surface area contributed by atoms with Crippen LogP contribution in [0.3, 0.4) is 0 Å². The standard InChI is InChI=1S/C20H24O5/c1-13-6-5-11-20(2,3)16(13)9-10-18(21)25-14-7-8-15(19(22)23)17(12-14)24-4/h7-10,12H,5-6,11H2,1-4H3,(H,22,23). The van der Waals surface area contributed by atoms with Crippen LogP contribution in [0, 0.1) is 5.41 Å². The molecule has 0 aliphatic heterocycles. The summed E-state index contributed by atoms with van der Waals surface area (Å²) in [7, 11) is 1.37. The third kappa shape index (κ3) is 4.50. The van der Waals surface area contributed by atoms with Crippen LogP contribution in [0.4, 0.5) is 0 Å². The van der Waals surface area contributed by atoms with Crippen LogP contribution in [-0.4, -0.2) is 24.2 Å². The molecule has 0 saturated carbocycles. The number of aromatic carboxylic acids is 1. The number of allylic oxidation sites excluding steroid dienone is 3. The van der Waals surface area contributed by atoms with Gasteiger partial charge in [0.25, 0.3) is 0 Å². The topological polar surface area (TPSA) is 72.8 Å². The molecule has 1 aromatic carbocycles. The Morgan fingerprint density at radius 3 is 2.60 bits per heavy atom. The molecule has 0 heterocycles.